The van der Waals surface area contributed by atoms with E-state index >= 15 is 0 Å². The molecule has 1 atom stereocenters. The van der Waals surface area contributed by atoms with Crippen LogP contribution >= 0.6 is 11.3 Å². The van der Waals surface area contributed by atoms with Gasteiger partial charge in [-0.1, -0.05) is 23.5 Å². The molecule has 0 saturated carbocycles. The van der Waals surface area contributed by atoms with Gasteiger partial charge in [-0.2, -0.15) is 5.10 Å². The fraction of sp³-hybridized carbons (Fsp3) is 0.304. The van der Waals surface area contributed by atoms with Crippen molar-refractivity contribution in [3.63, 3.8) is 0 Å². The molecular formula is C23H25N5O3S. The minimum atomic E-state index is -0.620. The van der Waals surface area contributed by atoms with Gasteiger partial charge in [0.15, 0.2) is 4.80 Å². The van der Waals surface area contributed by atoms with Gasteiger partial charge < -0.3 is 9.64 Å². The van der Waals surface area contributed by atoms with Crippen molar-refractivity contribution < 1.29 is 9.53 Å². The lowest BCUT2D eigenvalue weighted by Gasteiger charge is -2.25. The summed E-state index contributed by atoms with van der Waals surface area (Å²) >= 11 is 1.29. The van der Waals surface area contributed by atoms with Crippen LogP contribution in [0.1, 0.15) is 31.1 Å². The monoisotopic (exact) mass is 451 g/mol. The van der Waals surface area contributed by atoms with Crippen molar-refractivity contribution in [2.45, 2.75) is 26.4 Å². The van der Waals surface area contributed by atoms with Crippen LogP contribution in [0.4, 0.5) is 5.69 Å². The van der Waals surface area contributed by atoms with E-state index in [-0.39, 0.29) is 5.56 Å². The lowest BCUT2D eigenvalue weighted by molar-refractivity contribution is -0.136. The minimum Gasteiger partial charge on any atom is -0.466 e. The van der Waals surface area contributed by atoms with Crippen molar-refractivity contribution in [1.82, 2.24) is 14.3 Å². The highest BCUT2D eigenvalue weighted by Crippen LogP contribution is 2.31. The van der Waals surface area contributed by atoms with Gasteiger partial charge in [0.2, 0.25) is 0 Å². The first kappa shape index (κ1) is 21.8. The largest absolute Gasteiger partial charge is 0.466 e. The highest BCUT2D eigenvalue weighted by molar-refractivity contribution is 7.07. The van der Waals surface area contributed by atoms with Gasteiger partial charge in [-0.15, -0.1) is 0 Å². The molecule has 9 heteroatoms. The predicted molar refractivity (Wildman–Crippen MR) is 124 cm³/mol. The fourth-order valence-electron chi connectivity index (χ4n) is 3.73. The molecule has 3 aromatic rings. The van der Waals surface area contributed by atoms with E-state index in [2.05, 4.69) is 10.1 Å². The summed E-state index contributed by atoms with van der Waals surface area (Å²) < 4.78 is 8.95. The molecule has 0 spiro atoms. The number of methoxy groups -OCH3 is 1. The van der Waals surface area contributed by atoms with Crippen LogP contribution in [-0.2, 0) is 16.1 Å². The number of allylic oxidation sites excluding steroid dienone is 1. The van der Waals surface area contributed by atoms with E-state index in [0.717, 1.165) is 17.8 Å². The predicted octanol–water partition coefficient (Wildman–Crippen LogP) is 1.69. The highest BCUT2D eigenvalue weighted by Gasteiger charge is 2.33. The lowest BCUT2D eigenvalue weighted by Crippen LogP contribution is -2.39. The Bertz CT molecular complexity index is 1380. The summed E-state index contributed by atoms with van der Waals surface area (Å²) in [5.74, 6) is -0.496. The number of carbonyl (C=O) groups excluding carboxylic acids is 1. The molecule has 0 bridgehead atoms. The number of carbonyl (C=O) groups is 1. The van der Waals surface area contributed by atoms with Crippen molar-refractivity contribution in [2.75, 3.05) is 26.1 Å². The number of thiazole rings is 1. The van der Waals surface area contributed by atoms with E-state index in [1.807, 2.05) is 62.4 Å². The first-order chi connectivity index (χ1) is 15.3. The molecule has 166 valence electrons. The summed E-state index contributed by atoms with van der Waals surface area (Å²) in [6.07, 6.45) is 3.64. The van der Waals surface area contributed by atoms with Gasteiger partial charge >= 0.3 is 5.97 Å². The highest BCUT2D eigenvalue weighted by atomic mass is 32.1. The lowest BCUT2D eigenvalue weighted by atomic mass is 9.95. The number of anilines is 1. The van der Waals surface area contributed by atoms with E-state index in [9.17, 15) is 9.59 Å². The van der Waals surface area contributed by atoms with Crippen molar-refractivity contribution in [3.05, 3.63) is 78.7 Å². The molecule has 0 radical (unpaired) electrons. The number of fused-ring (bicyclic) bond motifs is 1. The molecule has 0 amide bonds. The molecule has 2 aromatic heterocycles. The Balaban J connectivity index is 1.92. The van der Waals surface area contributed by atoms with Gasteiger partial charge in [0, 0.05) is 32.5 Å². The number of aryl methyl sites for hydroxylation is 1. The molecule has 1 aliphatic heterocycles. The summed E-state index contributed by atoms with van der Waals surface area (Å²) in [6.45, 7) is 4.52. The maximum absolute atomic E-state index is 13.5. The Hall–Kier alpha value is -3.46. The summed E-state index contributed by atoms with van der Waals surface area (Å²) in [5.41, 5.74) is 3.23. The Morgan fingerprint density at radius 1 is 1.25 bits per heavy atom. The smallest absolute Gasteiger partial charge is 0.338 e. The summed E-state index contributed by atoms with van der Waals surface area (Å²) in [7, 11) is 5.26. The number of hydrogen-bond donors (Lipinski definition) is 0. The first-order valence-corrected chi connectivity index (χ1v) is 11.1. The van der Waals surface area contributed by atoms with Crippen LogP contribution in [0.5, 0.6) is 0 Å². The average molecular weight is 452 g/mol. The zero-order valence-electron chi connectivity index (χ0n) is 18.7. The van der Waals surface area contributed by atoms with Crippen molar-refractivity contribution >= 4 is 29.1 Å². The summed E-state index contributed by atoms with van der Waals surface area (Å²) in [5, 5.41) is 4.45. The van der Waals surface area contributed by atoms with Crippen molar-refractivity contribution in [2.24, 2.45) is 4.99 Å². The van der Waals surface area contributed by atoms with E-state index in [1.165, 1.54) is 18.4 Å². The second kappa shape index (κ2) is 8.58. The second-order valence-corrected chi connectivity index (χ2v) is 8.66. The quantitative estimate of drug-likeness (QED) is 0.552. The molecule has 8 nitrogen and oxygen atoms in total. The number of nitrogens with zero attached hydrogens (tertiary/aromatic N) is 5. The Morgan fingerprint density at radius 2 is 1.97 bits per heavy atom. The van der Waals surface area contributed by atoms with Gasteiger partial charge in [0.1, 0.15) is 0 Å². The van der Waals surface area contributed by atoms with Crippen LogP contribution in [-0.4, -0.2) is 41.5 Å². The van der Waals surface area contributed by atoms with Crippen LogP contribution < -0.4 is 19.8 Å². The zero-order valence-corrected chi connectivity index (χ0v) is 19.5. The summed E-state index contributed by atoms with van der Waals surface area (Å²) in [6, 6.07) is 9.04. The molecule has 4 rings (SSSR count). The van der Waals surface area contributed by atoms with Gasteiger partial charge in [0.25, 0.3) is 5.56 Å². The number of rotatable bonds is 5. The van der Waals surface area contributed by atoms with E-state index in [4.69, 9.17) is 4.74 Å². The van der Waals surface area contributed by atoms with Gasteiger partial charge in [-0.3, -0.25) is 14.0 Å². The molecule has 1 aromatic carbocycles. The molecule has 1 aliphatic rings. The van der Waals surface area contributed by atoms with Gasteiger partial charge in [-0.25, -0.2) is 9.79 Å². The standard InChI is InChI=1S/C23H25N5O3S/c1-6-27-12-11-16(25-27)13-18-21(29)28-20(15-7-9-17(10-8-15)26(3)4)19(22(30)31-5)14(2)24-23(28)32-18/h7-13,20H,6H2,1-5H3. The molecular weight excluding hydrogens is 426 g/mol. The van der Waals surface area contributed by atoms with Crippen molar-refractivity contribution in [1.29, 1.82) is 0 Å². The van der Waals surface area contributed by atoms with E-state index < -0.39 is 12.0 Å². The second-order valence-electron chi connectivity index (χ2n) is 7.66. The minimum absolute atomic E-state index is 0.213. The van der Waals surface area contributed by atoms with E-state index in [1.54, 1.807) is 22.2 Å². The third kappa shape index (κ3) is 3.80. The Labute approximate surface area is 189 Å². The SMILES string of the molecule is CCn1ccc(C=c2sc3n(c2=O)C(c2ccc(N(C)C)cc2)C(C(=O)OC)=C(C)N=3)n1. The molecule has 0 aliphatic carbocycles. The number of hydrogen-bond acceptors (Lipinski definition) is 7. The van der Waals surface area contributed by atoms with Crippen LogP contribution in [0.15, 0.2) is 57.6 Å². The topological polar surface area (TPSA) is 81.7 Å². The number of benzene rings is 1. The number of ether oxygens (including phenoxy) is 1. The summed E-state index contributed by atoms with van der Waals surface area (Å²) in [4.78, 5) is 33.3. The maximum Gasteiger partial charge on any atom is 0.338 e. The van der Waals surface area contributed by atoms with Gasteiger partial charge in [-0.05, 0) is 43.7 Å². The maximum atomic E-state index is 13.5. The molecule has 0 N–H and O–H groups in total. The van der Waals surface area contributed by atoms with Crippen LogP contribution in [0.25, 0.3) is 6.08 Å². The third-order valence-electron chi connectivity index (χ3n) is 5.42. The number of aromatic nitrogens is 3. The zero-order chi connectivity index (χ0) is 23.0. The normalized spacial score (nSPS) is 16.0. The molecule has 0 saturated heterocycles. The molecule has 1 unspecified atom stereocenters. The Morgan fingerprint density at radius 3 is 2.56 bits per heavy atom. The van der Waals surface area contributed by atoms with Crippen LogP contribution in [0.2, 0.25) is 0 Å². The molecule has 3 heterocycles. The fourth-order valence-corrected chi connectivity index (χ4v) is 4.76. The Kier molecular flexibility index (Phi) is 5.84. The number of esters is 1. The van der Waals surface area contributed by atoms with E-state index in [0.29, 0.717) is 26.3 Å². The first-order valence-electron chi connectivity index (χ1n) is 10.3. The van der Waals surface area contributed by atoms with Crippen molar-refractivity contribution in [3.8, 4) is 0 Å². The van der Waals surface area contributed by atoms with Crippen LogP contribution in [0, 0.1) is 0 Å². The average Bonchev–Trinajstić information content (AvgIpc) is 3.36. The van der Waals surface area contributed by atoms with Gasteiger partial charge in [0.05, 0.1) is 34.6 Å². The molecule has 32 heavy (non-hydrogen) atoms. The third-order valence-corrected chi connectivity index (χ3v) is 6.40. The van der Waals surface area contributed by atoms with Crippen LogP contribution in [0.3, 0.4) is 0 Å². The molecule has 0 fully saturated rings.